The smallest absolute Gasteiger partial charge is 0.266 e. The second-order valence-corrected chi connectivity index (χ2v) is 6.58. The van der Waals surface area contributed by atoms with Gasteiger partial charge in [0.25, 0.3) is 5.91 Å². The van der Waals surface area contributed by atoms with Crippen molar-refractivity contribution in [2.45, 2.75) is 32.7 Å². The molecule has 0 spiro atoms. The minimum atomic E-state index is 0.00922. The molecule has 1 fully saturated rings. The van der Waals surface area contributed by atoms with E-state index in [9.17, 15) is 4.79 Å². The molecule has 110 valence electrons. The quantitative estimate of drug-likeness (QED) is 0.882. The zero-order valence-corrected chi connectivity index (χ0v) is 13.2. The van der Waals surface area contributed by atoms with Crippen LogP contribution in [0.2, 0.25) is 0 Å². The Morgan fingerprint density at radius 3 is 2.90 bits per heavy atom. The number of rotatable bonds is 4. The van der Waals surface area contributed by atoms with E-state index < -0.39 is 0 Å². The lowest BCUT2D eigenvalue weighted by molar-refractivity contribution is 0.0768. The normalized spacial score (nSPS) is 14.4. The molecule has 21 heavy (non-hydrogen) atoms. The molecule has 1 aliphatic rings. The van der Waals surface area contributed by atoms with Crippen LogP contribution in [-0.2, 0) is 0 Å². The third kappa shape index (κ3) is 2.42. The number of nitrogens with two attached hydrogens (primary N) is 1. The number of aromatic nitrogens is 1. The molecule has 4 nitrogen and oxygen atoms in total. The van der Waals surface area contributed by atoms with Crippen LogP contribution in [0, 0.1) is 13.8 Å². The van der Waals surface area contributed by atoms with Gasteiger partial charge < -0.3 is 10.6 Å². The van der Waals surface area contributed by atoms with Crippen LogP contribution in [0.25, 0.3) is 10.2 Å². The van der Waals surface area contributed by atoms with Crippen molar-refractivity contribution in [3.63, 3.8) is 0 Å². The number of carbonyl (C=O) groups is 1. The Morgan fingerprint density at radius 2 is 2.29 bits per heavy atom. The summed E-state index contributed by atoms with van der Waals surface area (Å²) in [6.45, 7) is 8.28. The fourth-order valence-electron chi connectivity index (χ4n) is 2.68. The Kier molecular flexibility index (Phi) is 3.45. The summed E-state index contributed by atoms with van der Waals surface area (Å²) in [6, 6.07) is 2.35. The summed E-state index contributed by atoms with van der Waals surface area (Å²) in [5.41, 5.74) is 8.84. The standard InChI is InChI=1S/C16H19N3OS/c1-4-7-19(11-5-6-11)16(20)14-13(17)12-9(2)8-10(3)18-15(12)21-14/h4,8,11H,1,5-7,17H2,2-3H3. The van der Waals surface area contributed by atoms with Crippen LogP contribution >= 0.6 is 11.3 Å². The average Bonchev–Trinajstić information content (AvgIpc) is 3.19. The van der Waals surface area contributed by atoms with E-state index in [1.165, 1.54) is 11.3 Å². The first-order valence-electron chi connectivity index (χ1n) is 7.11. The fraction of sp³-hybridized carbons (Fsp3) is 0.375. The third-order valence-corrected chi connectivity index (χ3v) is 4.88. The van der Waals surface area contributed by atoms with Gasteiger partial charge in [-0.2, -0.15) is 0 Å². The molecule has 0 radical (unpaired) electrons. The van der Waals surface area contributed by atoms with Crippen LogP contribution in [0.4, 0.5) is 5.69 Å². The second-order valence-electron chi connectivity index (χ2n) is 5.58. The van der Waals surface area contributed by atoms with Crippen molar-refractivity contribution in [1.29, 1.82) is 0 Å². The lowest BCUT2D eigenvalue weighted by Crippen LogP contribution is -2.33. The zero-order valence-electron chi connectivity index (χ0n) is 12.3. The molecule has 5 heteroatoms. The minimum absolute atomic E-state index is 0.00922. The van der Waals surface area contributed by atoms with E-state index in [0.717, 1.165) is 34.3 Å². The first kappa shape index (κ1) is 14.1. The van der Waals surface area contributed by atoms with Crippen molar-refractivity contribution in [2.24, 2.45) is 0 Å². The second kappa shape index (κ2) is 5.15. The van der Waals surface area contributed by atoms with Crippen LogP contribution in [0.3, 0.4) is 0 Å². The molecule has 0 aliphatic heterocycles. The van der Waals surface area contributed by atoms with Crippen LogP contribution in [0.1, 0.15) is 33.8 Å². The van der Waals surface area contributed by atoms with E-state index in [1.807, 2.05) is 24.8 Å². The maximum absolute atomic E-state index is 12.8. The van der Waals surface area contributed by atoms with E-state index >= 15 is 0 Å². The Balaban J connectivity index is 2.07. The molecule has 1 amide bonds. The number of fused-ring (bicyclic) bond motifs is 1. The van der Waals surface area contributed by atoms with Crippen LogP contribution in [0.15, 0.2) is 18.7 Å². The number of carbonyl (C=O) groups excluding carboxylic acids is 1. The first-order valence-corrected chi connectivity index (χ1v) is 7.92. The summed E-state index contributed by atoms with van der Waals surface area (Å²) >= 11 is 1.40. The molecule has 2 heterocycles. The van der Waals surface area contributed by atoms with E-state index in [-0.39, 0.29) is 5.91 Å². The number of nitrogen functional groups attached to an aromatic ring is 1. The van der Waals surface area contributed by atoms with Gasteiger partial charge in [-0.1, -0.05) is 6.08 Å². The molecule has 0 bridgehead atoms. The van der Waals surface area contributed by atoms with Crippen LogP contribution < -0.4 is 5.73 Å². The highest BCUT2D eigenvalue weighted by atomic mass is 32.1. The lowest BCUT2D eigenvalue weighted by atomic mass is 10.1. The number of nitrogens with zero attached hydrogens (tertiary/aromatic N) is 2. The van der Waals surface area contributed by atoms with Gasteiger partial charge in [0.15, 0.2) is 0 Å². The lowest BCUT2D eigenvalue weighted by Gasteiger charge is -2.20. The number of pyridine rings is 1. The van der Waals surface area contributed by atoms with Crippen molar-refractivity contribution in [3.8, 4) is 0 Å². The van der Waals surface area contributed by atoms with Gasteiger partial charge in [-0.15, -0.1) is 17.9 Å². The highest BCUT2D eigenvalue weighted by molar-refractivity contribution is 7.21. The van der Waals surface area contributed by atoms with Gasteiger partial charge >= 0.3 is 0 Å². The van der Waals surface area contributed by atoms with E-state index in [0.29, 0.717) is 23.2 Å². The van der Waals surface area contributed by atoms with Crippen LogP contribution in [0.5, 0.6) is 0 Å². The molecule has 0 unspecified atom stereocenters. The van der Waals surface area contributed by atoms with Gasteiger partial charge in [0.2, 0.25) is 0 Å². The Hall–Kier alpha value is -1.88. The molecule has 0 aromatic carbocycles. The van der Waals surface area contributed by atoms with Gasteiger partial charge in [-0.3, -0.25) is 4.79 Å². The SMILES string of the molecule is C=CCN(C(=O)c1sc2nc(C)cc(C)c2c1N)C1CC1. The van der Waals surface area contributed by atoms with Crippen LogP contribution in [-0.4, -0.2) is 28.4 Å². The minimum Gasteiger partial charge on any atom is -0.397 e. The van der Waals surface area contributed by atoms with Crippen molar-refractivity contribution in [2.75, 3.05) is 12.3 Å². The largest absolute Gasteiger partial charge is 0.397 e. The fourth-order valence-corrected chi connectivity index (χ4v) is 3.85. The summed E-state index contributed by atoms with van der Waals surface area (Å²) in [5.74, 6) is 0.00922. The first-order chi connectivity index (χ1) is 10.0. The van der Waals surface area contributed by atoms with Gasteiger partial charge in [0, 0.05) is 23.7 Å². The monoisotopic (exact) mass is 301 g/mol. The Bertz CT molecular complexity index is 731. The summed E-state index contributed by atoms with van der Waals surface area (Å²) in [4.78, 5) is 20.6. The van der Waals surface area contributed by atoms with Gasteiger partial charge in [0.1, 0.15) is 9.71 Å². The highest BCUT2D eigenvalue weighted by Crippen LogP contribution is 2.37. The molecule has 2 aromatic heterocycles. The molecule has 0 saturated heterocycles. The zero-order chi connectivity index (χ0) is 15.1. The Labute approximate surface area is 128 Å². The third-order valence-electron chi connectivity index (χ3n) is 3.79. The van der Waals surface area contributed by atoms with Gasteiger partial charge in [-0.05, 0) is 38.3 Å². The molecule has 2 aromatic rings. The summed E-state index contributed by atoms with van der Waals surface area (Å²) in [6.07, 6.45) is 3.91. The maximum atomic E-state index is 12.8. The van der Waals surface area contributed by atoms with Gasteiger partial charge in [0.05, 0.1) is 5.69 Å². The maximum Gasteiger partial charge on any atom is 0.266 e. The summed E-state index contributed by atoms with van der Waals surface area (Å²) < 4.78 is 0. The van der Waals surface area contributed by atoms with Crippen molar-refractivity contribution >= 4 is 33.1 Å². The van der Waals surface area contributed by atoms with Crippen molar-refractivity contribution < 1.29 is 4.79 Å². The van der Waals surface area contributed by atoms with Crippen molar-refractivity contribution in [3.05, 3.63) is 34.9 Å². The van der Waals surface area contributed by atoms with E-state index in [2.05, 4.69) is 11.6 Å². The number of aryl methyl sites for hydroxylation is 2. The molecule has 0 atom stereocenters. The number of amides is 1. The number of hydrogen-bond acceptors (Lipinski definition) is 4. The van der Waals surface area contributed by atoms with Crippen molar-refractivity contribution in [1.82, 2.24) is 9.88 Å². The van der Waals surface area contributed by atoms with Gasteiger partial charge in [-0.25, -0.2) is 4.98 Å². The topological polar surface area (TPSA) is 59.2 Å². The number of hydrogen-bond donors (Lipinski definition) is 1. The summed E-state index contributed by atoms with van der Waals surface area (Å²) in [7, 11) is 0. The number of anilines is 1. The molecule has 3 rings (SSSR count). The van der Waals surface area contributed by atoms with E-state index in [4.69, 9.17) is 5.73 Å². The predicted molar refractivity (Wildman–Crippen MR) is 87.8 cm³/mol. The molecular formula is C16H19N3OS. The number of thiophene rings is 1. The Morgan fingerprint density at radius 1 is 1.57 bits per heavy atom. The molecule has 1 saturated carbocycles. The summed E-state index contributed by atoms with van der Waals surface area (Å²) in [5, 5.41) is 0.920. The molecular weight excluding hydrogens is 282 g/mol. The predicted octanol–water partition coefficient (Wildman–Crippen LogP) is 3.29. The van der Waals surface area contributed by atoms with E-state index in [1.54, 1.807) is 6.08 Å². The molecule has 2 N–H and O–H groups in total. The average molecular weight is 301 g/mol. The molecule has 1 aliphatic carbocycles. The highest BCUT2D eigenvalue weighted by Gasteiger charge is 2.34.